The van der Waals surface area contributed by atoms with Crippen LogP contribution in [0.3, 0.4) is 0 Å². The van der Waals surface area contributed by atoms with Crippen LogP contribution < -0.4 is 9.80 Å². The number of allylic oxidation sites excluding steroid dienone is 4. The van der Waals surface area contributed by atoms with Gasteiger partial charge in [0.2, 0.25) is 0 Å². The molecular weight excluding hydrogens is 725 g/mol. The fourth-order valence-corrected chi connectivity index (χ4v) is 9.79. The smallest absolute Gasteiger partial charge is 0.0537 e. The van der Waals surface area contributed by atoms with Crippen LogP contribution in [0.2, 0.25) is 0 Å². The minimum atomic E-state index is -0.159. The number of fused-ring (bicyclic) bond motifs is 2. The summed E-state index contributed by atoms with van der Waals surface area (Å²) >= 11 is 0. The van der Waals surface area contributed by atoms with E-state index >= 15 is 0 Å². The number of para-hydroxylation sites is 3. The van der Waals surface area contributed by atoms with Gasteiger partial charge in [-0.1, -0.05) is 185 Å². The zero-order valence-electron chi connectivity index (χ0n) is 34.4. The maximum Gasteiger partial charge on any atom is 0.0537 e. The molecule has 0 radical (unpaired) electrons. The highest BCUT2D eigenvalue weighted by Crippen LogP contribution is 2.58. The second kappa shape index (κ2) is 15.5. The average molecular weight is 773 g/mol. The highest BCUT2D eigenvalue weighted by molar-refractivity contribution is 5.90. The van der Waals surface area contributed by atoms with E-state index in [2.05, 4.69) is 255 Å². The molecule has 0 saturated heterocycles. The van der Waals surface area contributed by atoms with Gasteiger partial charge in [0.05, 0.1) is 5.69 Å². The number of hydrogen-bond donors (Lipinski definition) is 0. The predicted molar refractivity (Wildman–Crippen MR) is 253 cm³/mol. The number of nitrogens with zero attached hydrogens (tertiary/aromatic N) is 2. The summed E-state index contributed by atoms with van der Waals surface area (Å²) in [6.45, 7) is 7.27. The third-order valence-electron chi connectivity index (χ3n) is 12.7. The minimum absolute atomic E-state index is 0.0410. The fraction of sp³-hybridized carbons (Fsp3) is 0.103. The molecule has 0 spiro atoms. The molecule has 2 aliphatic rings. The molecule has 0 amide bonds. The van der Waals surface area contributed by atoms with E-state index in [9.17, 15) is 0 Å². The van der Waals surface area contributed by atoms with Crippen molar-refractivity contribution in [1.29, 1.82) is 0 Å². The van der Waals surface area contributed by atoms with Gasteiger partial charge in [-0.15, -0.1) is 0 Å². The van der Waals surface area contributed by atoms with E-state index in [-0.39, 0.29) is 17.3 Å². The van der Waals surface area contributed by atoms with Crippen LogP contribution in [0.5, 0.6) is 0 Å². The van der Waals surface area contributed by atoms with Gasteiger partial charge >= 0.3 is 0 Å². The molecule has 10 rings (SSSR count). The summed E-state index contributed by atoms with van der Waals surface area (Å²) in [7, 11) is 0. The summed E-state index contributed by atoms with van der Waals surface area (Å²) in [6, 6.07) is 79.4. The standard InChI is InChI=1S/C58H48N2/c1-41-56(45-34-38-48(39-35-45)59(46-24-12-6-13-25-46)47-26-14-7-15-27-47)55(40-53-57(41)51-29-16-18-30-52(51)58(53,2)3)60(49-36-32-43(33-37-49)42-20-8-4-9-21-42)54-31-19-17-28-50(54)44-22-10-5-11-23-44/h4-41,56H,1-3H3. The molecule has 2 aliphatic carbocycles. The second-order valence-electron chi connectivity index (χ2n) is 16.6. The van der Waals surface area contributed by atoms with Crippen LogP contribution in [0.25, 0.3) is 27.8 Å². The summed E-state index contributed by atoms with van der Waals surface area (Å²) in [5, 5.41) is 0. The van der Waals surface area contributed by atoms with E-state index in [0.717, 1.165) is 28.4 Å². The topological polar surface area (TPSA) is 6.48 Å². The van der Waals surface area contributed by atoms with Crippen molar-refractivity contribution in [2.24, 2.45) is 5.92 Å². The summed E-state index contributed by atoms with van der Waals surface area (Å²) in [5.74, 6) is 0.224. The molecule has 290 valence electrons. The Balaban J connectivity index is 1.18. The van der Waals surface area contributed by atoms with Crippen LogP contribution in [0.4, 0.5) is 28.4 Å². The Morgan fingerprint density at radius 2 is 0.850 bits per heavy atom. The lowest BCUT2D eigenvalue weighted by atomic mass is 9.71. The van der Waals surface area contributed by atoms with E-state index in [1.54, 1.807) is 0 Å². The van der Waals surface area contributed by atoms with Gasteiger partial charge in [-0.3, -0.25) is 0 Å². The molecule has 0 fully saturated rings. The molecule has 8 aromatic carbocycles. The molecule has 0 N–H and O–H groups in total. The average Bonchev–Trinajstić information content (AvgIpc) is 3.54. The zero-order chi connectivity index (χ0) is 40.6. The summed E-state index contributed by atoms with van der Waals surface area (Å²) in [6.07, 6.45) is 2.56. The summed E-state index contributed by atoms with van der Waals surface area (Å²) < 4.78 is 0. The highest BCUT2D eigenvalue weighted by atomic mass is 15.2. The minimum Gasteiger partial charge on any atom is -0.313 e. The summed E-state index contributed by atoms with van der Waals surface area (Å²) in [5.41, 5.74) is 18.5. The number of hydrogen-bond acceptors (Lipinski definition) is 2. The van der Waals surface area contributed by atoms with Crippen molar-refractivity contribution in [3.8, 4) is 22.3 Å². The van der Waals surface area contributed by atoms with Gasteiger partial charge < -0.3 is 9.80 Å². The van der Waals surface area contributed by atoms with Gasteiger partial charge in [0.1, 0.15) is 0 Å². The van der Waals surface area contributed by atoms with Crippen LogP contribution in [0.1, 0.15) is 43.4 Å². The Morgan fingerprint density at radius 3 is 1.47 bits per heavy atom. The number of benzene rings is 8. The van der Waals surface area contributed by atoms with Gasteiger partial charge in [-0.2, -0.15) is 0 Å². The molecule has 8 aromatic rings. The van der Waals surface area contributed by atoms with E-state index in [1.807, 2.05) is 0 Å². The highest BCUT2D eigenvalue weighted by Gasteiger charge is 2.45. The summed E-state index contributed by atoms with van der Waals surface area (Å²) in [4.78, 5) is 4.91. The Labute approximate surface area is 355 Å². The van der Waals surface area contributed by atoms with Crippen molar-refractivity contribution in [2.75, 3.05) is 9.80 Å². The van der Waals surface area contributed by atoms with Crippen LogP contribution in [-0.4, -0.2) is 0 Å². The van der Waals surface area contributed by atoms with E-state index in [1.165, 1.54) is 55.8 Å². The van der Waals surface area contributed by atoms with Gasteiger partial charge in [-0.05, 0) is 111 Å². The van der Waals surface area contributed by atoms with E-state index in [4.69, 9.17) is 0 Å². The van der Waals surface area contributed by atoms with Crippen molar-refractivity contribution in [1.82, 2.24) is 0 Å². The third-order valence-corrected chi connectivity index (χ3v) is 12.7. The molecule has 2 heteroatoms. The first-order chi connectivity index (χ1) is 29.5. The first-order valence-electron chi connectivity index (χ1n) is 21.1. The van der Waals surface area contributed by atoms with Crippen molar-refractivity contribution >= 4 is 34.0 Å². The predicted octanol–water partition coefficient (Wildman–Crippen LogP) is 15.7. The van der Waals surface area contributed by atoms with Crippen LogP contribution in [0.15, 0.2) is 236 Å². The molecule has 2 atom stereocenters. The maximum atomic E-state index is 2.56. The zero-order valence-corrected chi connectivity index (χ0v) is 34.4. The van der Waals surface area contributed by atoms with Crippen LogP contribution >= 0.6 is 0 Å². The maximum absolute atomic E-state index is 2.56. The van der Waals surface area contributed by atoms with Crippen molar-refractivity contribution in [2.45, 2.75) is 32.1 Å². The number of rotatable bonds is 9. The normalized spacial score (nSPS) is 16.4. The first kappa shape index (κ1) is 37.1. The lowest BCUT2D eigenvalue weighted by Crippen LogP contribution is -2.30. The SMILES string of the molecule is CC1C2=C(C=C(N(c3ccc(-c4ccccc4)cc3)c3ccccc3-c3ccccc3)C1c1ccc(N(c3ccccc3)c3ccccc3)cc1)C(C)(C)c1ccccc12. The van der Waals surface area contributed by atoms with Crippen molar-refractivity contribution in [3.05, 3.63) is 252 Å². The first-order valence-corrected chi connectivity index (χ1v) is 21.1. The fourth-order valence-electron chi connectivity index (χ4n) is 9.79. The molecule has 0 bridgehead atoms. The molecule has 0 saturated carbocycles. The largest absolute Gasteiger partial charge is 0.313 e. The monoisotopic (exact) mass is 772 g/mol. The van der Waals surface area contributed by atoms with Gasteiger partial charge in [0.25, 0.3) is 0 Å². The van der Waals surface area contributed by atoms with Gasteiger partial charge in [-0.25, -0.2) is 0 Å². The molecule has 2 unspecified atom stereocenters. The quantitative estimate of drug-likeness (QED) is 0.144. The number of anilines is 5. The van der Waals surface area contributed by atoms with E-state index < -0.39 is 0 Å². The molecule has 60 heavy (non-hydrogen) atoms. The van der Waals surface area contributed by atoms with Crippen LogP contribution in [-0.2, 0) is 5.41 Å². The Morgan fingerprint density at radius 1 is 0.400 bits per heavy atom. The van der Waals surface area contributed by atoms with Gasteiger partial charge in [0, 0.05) is 45.3 Å². The van der Waals surface area contributed by atoms with Crippen molar-refractivity contribution < 1.29 is 0 Å². The molecule has 0 heterocycles. The van der Waals surface area contributed by atoms with Crippen LogP contribution in [0, 0.1) is 5.92 Å². The Kier molecular flexibility index (Phi) is 9.62. The molecule has 2 nitrogen and oxygen atoms in total. The lowest BCUT2D eigenvalue weighted by Gasteiger charge is -2.41. The lowest BCUT2D eigenvalue weighted by molar-refractivity contribution is 0.590. The van der Waals surface area contributed by atoms with Crippen molar-refractivity contribution in [3.63, 3.8) is 0 Å². The molecular formula is C58H48N2. The molecule has 0 aliphatic heterocycles. The Hall–Kier alpha value is -7.16. The van der Waals surface area contributed by atoms with E-state index in [0.29, 0.717) is 0 Å². The molecule has 0 aromatic heterocycles. The second-order valence-corrected chi connectivity index (χ2v) is 16.6. The third kappa shape index (κ3) is 6.55. The van der Waals surface area contributed by atoms with Gasteiger partial charge in [0.15, 0.2) is 0 Å². The Bertz CT molecular complexity index is 2780.